The first-order valence-corrected chi connectivity index (χ1v) is 10.4. The topological polar surface area (TPSA) is 70.5 Å². The number of rotatable bonds is 5. The van der Waals surface area contributed by atoms with E-state index in [2.05, 4.69) is 10.2 Å². The van der Waals surface area contributed by atoms with Crippen molar-refractivity contribution in [1.29, 1.82) is 0 Å². The van der Waals surface area contributed by atoms with E-state index < -0.39 is 0 Å². The molecule has 1 aromatic carbocycles. The summed E-state index contributed by atoms with van der Waals surface area (Å²) < 4.78 is 2.05. The van der Waals surface area contributed by atoms with Crippen LogP contribution in [0.5, 0.6) is 0 Å². The molecule has 2 saturated heterocycles. The number of benzene rings is 1. The highest BCUT2D eigenvalue weighted by Crippen LogP contribution is 2.20. The lowest BCUT2D eigenvalue weighted by atomic mass is 10.1. The minimum absolute atomic E-state index is 0.00949. The molecule has 0 radical (unpaired) electrons. The number of amides is 2. The first kappa shape index (κ1) is 18.9. The van der Waals surface area contributed by atoms with E-state index in [9.17, 15) is 9.59 Å². The van der Waals surface area contributed by atoms with Crippen LogP contribution in [0.25, 0.3) is 11.0 Å². The summed E-state index contributed by atoms with van der Waals surface area (Å²) >= 11 is 0. The number of fused-ring (bicyclic) bond motifs is 1. The van der Waals surface area contributed by atoms with Crippen molar-refractivity contribution < 1.29 is 9.59 Å². The Labute approximate surface area is 165 Å². The molecule has 0 spiro atoms. The number of carbonyl (C=O) groups excluding carboxylic acids is 2. The van der Waals surface area contributed by atoms with E-state index in [0.717, 1.165) is 36.5 Å². The van der Waals surface area contributed by atoms with E-state index in [1.54, 1.807) is 4.90 Å². The summed E-state index contributed by atoms with van der Waals surface area (Å²) in [7, 11) is 0. The van der Waals surface area contributed by atoms with Gasteiger partial charge in [0.05, 0.1) is 17.6 Å². The van der Waals surface area contributed by atoms with Crippen molar-refractivity contribution in [2.75, 3.05) is 26.2 Å². The first-order chi connectivity index (χ1) is 13.7. The number of likely N-dealkylation sites (tertiary alicyclic amines) is 1. The molecule has 2 amide bonds. The zero-order valence-electron chi connectivity index (χ0n) is 16.6. The van der Waals surface area contributed by atoms with Gasteiger partial charge >= 0.3 is 0 Å². The number of piperidine rings is 1. The number of para-hydroxylation sites is 2. The number of carbonyl (C=O) groups is 2. The van der Waals surface area contributed by atoms with Gasteiger partial charge in [0.25, 0.3) is 0 Å². The lowest BCUT2D eigenvalue weighted by Gasteiger charge is -2.35. The van der Waals surface area contributed by atoms with E-state index in [-0.39, 0.29) is 24.4 Å². The molecule has 3 heterocycles. The van der Waals surface area contributed by atoms with E-state index in [1.807, 2.05) is 35.8 Å². The van der Waals surface area contributed by atoms with Crippen LogP contribution in [0.15, 0.2) is 24.3 Å². The fourth-order valence-corrected chi connectivity index (χ4v) is 4.39. The molecule has 2 aliphatic rings. The van der Waals surface area contributed by atoms with Crippen LogP contribution < -0.4 is 5.32 Å². The Kier molecular flexibility index (Phi) is 5.62. The highest BCUT2D eigenvalue weighted by atomic mass is 16.2. The van der Waals surface area contributed by atoms with Gasteiger partial charge in [-0.05, 0) is 44.5 Å². The Bertz CT molecular complexity index is 856. The fourth-order valence-electron chi connectivity index (χ4n) is 4.39. The van der Waals surface area contributed by atoms with Crippen molar-refractivity contribution in [3.63, 3.8) is 0 Å². The molecule has 1 unspecified atom stereocenters. The van der Waals surface area contributed by atoms with Crippen LogP contribution in [-0.4, -0.2) is 63.4 Å². The summed E-state index contributed by atoms with van der Waals surface area (Å²) in [6.07, 6.45) is 4.37. The predicted molar refractivity (Wildman–Crippen MR) is 108 cm³/mol. The molecule has 0 saturated carbocycles. The standard InChI is InChI=1S/C21H29N5O2/c1-2-17-21(28)22-10-13-25(17)20(27)15-26-18-9-5-4-8-16(18)23-19(26)14-24-11-6-3-7-12-24/h4-5,8-9,17H,2-3,6-7,10-15H2,1H3,(H,22,28). The van der Waals surface area contributed by atoms with Gasteiger partial charge in [0.15, 0.2) is 0 Å². The van der Waals surface area contributed by atoms with Gasteiger partial charge in [-0.1, -0.05) is 25.5 Å². The molecule has 1 aromatic heterocycles. The Morgan fingerprint density at radius 1 is 1.18 bits per heavy atom. The summed E-state index contributed by atoms with van der Waals surface area (Å²) in [6, 6.07) is 7.61. The largest absolute Gasteiger partial charge is 0.353 e. The van der Waals surface area contributed by atoms with Crippen LogP contribution in [-0.2, 0) is 22.7 Å². The normalized spacial score (nSPS) is 21.1. The Morgan fingerprint density at radius 2 is 1.96 bits per heavy atom. The maximum Gasteiger partial charge on any atom is 0.243 e. The number of piperazine rings is 1. The third-order valence-corrected chi connectivity index (χ3v) is 5.88. The van der Waals surface area contributed by atoms with Gasteiger partial charge in [-0.15, -0.1) is 0 Å². The summed E-state index contributed by atoms with van der Waals surface area (Å²) in [4.78, 5) is 34.3. The number of hydrogen-bond acceptors (Lipinski definition) is 4. The monoisotopic (exact) mass is 383 g/mol. The molecular formula is C21H29N5O2. The number of aromatic nitrogens is 2. The van der Waals surface area contributed by atoms with E-state index in [0.29, 0.717) is 19.5 Å². The van der Waals surface area contributed by atoms with Crippen molar-refractivity contribution in [2.24, 2.45) is 0 Å². The molecule has 4 rings (SSSR count). The van der Waals surface area contributed by atoms with Crippen LogP contribution in [0.3, 0.4) is 0 Å². The average molecular weight is 383 g/mol. The smallest absolute Gasteiger partial charge is 0.243 e. The highest BCUT2D eigenvalue weighted by Gasteiger charge is 2.32. The lowest BCUT2D eigenvalue weighted by molar-refractivity contribution is -0.143. The third kappa shape index (κ3) is 3.76. The van der Waals surface area contributed by atoms with Crippen molar-refractivity contribution in [1.82, 2.24) is 24.7 Å². The van der Waals surface area contributed by atoms with Gasteiger partial charge < -0.3 is 14.8 Å². The van der Waals surface area contributed by atoms with E-state index in [4.69, 9.17) is 4.98 Å². The van der Waals surface area contributed by atoms with Gasteiger partial charge in [-0.25, -0.2) is 4.98 Å². The molecule has 28 heavy (non-hydrogen) atoms. The number of imidazole rings is 1. The van der Waals surface area contributed by atoms with Crippen molar-refractivity contribution in [2.45, 2.75) is 51.7 Å². The SMILES string of the molecule is CCC1C(=O)NCCN1C(=O)Cn1c(CN2CCCCC2)nc2ccccc21. The van der Waals surface area contributed by atoms with Gasteiger partial charge in [-0.2, -0.15) is 0 Å². The van der Waals surface area contributed by atoms with Crippen molar-refractivity contribution in [3.05, 3.63) is 30.1 Å². The second-order valence-corrected chi connectivity index (χ2v) is 7.74. The summed E-state index contributed by atoms with van der Waals surface area (Å²) in [5, 5.41) is 2.86. The van der Waals surface area contributed by atoms with Crippen LogP contribution in [0.4, 0.5) is 0 Å². The lowest BCUT2D eigenvalue weighted by Crippen LogP contribution is -2.57. The molecule has 0 aliphatic carbocycles. The maximum atomic E-state index is 13.2. The quantitative estimate of drug-likeness (QED) is 0.854. The van der Waals surface area contributed by atoms with Gasteiger partial charge in [0.1, 0.15) is 18.4 Å². The van der Waals surface area contributed by atoms with Crippen LogP contribution >= 0.6 is 0 Å². The molecule has 2 aromatic rings. The second-order valence-electron chi connectivity index (χ2n) is 7.74. The Morgan fingerprint density at radius 3 is 2.75 bits per heavy atom. The summed E-state index contributed by atoms with van der Waals surface area (Å²) in [5.74, 6) is 0.877. The molecule has 150 valence electrons. The number of hydrogen-bond donors (Lipinski definition) is 1. The zero-order chi connectivity index (χ0) is 19.5. The van der Waals surface area contributed by atoms with E-state index >= 15 is 0 Å². The zero-order valence-corrected chi connectivity index (χ0v) is 16.6. The maximum absolute atomic E-state index is 13.2. The predicted octanol–water partition coefficient (Wildman–Crippen LogP) is 1.76. The van der Waals surface area contributed by atoms with Crippen LogP contribution in [0.2, 0.25) is 0 Å². The summed E-state index contributed by atoms with van der Waals surface area (Å²) in [5.41, 5.74) is 1.91. The fraction of sp³-hybridized carbons (Fsp3) is 0.571. The molecule has 0 bridgehead atoms. The molecule has 2 aliphatic heterocycles. The number of nitrogens with zero attached hydrogens (tertiary/aromatic N) is 4. The van der Waals surface area contributed by atoms with Gasteiger partial charge in [0.2, 0.25) is 11.8 Å². The second kappa shape index (κ2) is 8.31. The van der Waals surface area contributed by atoms with E-state index in [1.165, 1.54) is 19.3 Å². The number of nitrogens with one attached hydrogen (secondary N) is 1. The Balaban J connectivity index is 1.60. The van der Waals surface area contributed by atoms with Crippen LogP contribution in [0, 0.1) is 0 Å². The Hall–Kier alpha value is -2.41. The highest BCUT2D eigenvalue weighted by molar-refractivity contribution is 5.89. The van der Waals surface area contributed by atoms with Crippen LogP contribution in [0.1, 0.15) is 38.4 Å². The molecule has 7 nitrogen and oxygen atoms in total. The minimum Gasteiger partial charge on any atom is -0.353 e. The van der Waals surface area contributed by atoms with Gasteiger partial charge in [0, 0.05) is 13.1 Å². The molecule has 1 N–H and O–H groups in total. The molecule has 1 atom stereocenters. The molecule has 7 heteroatoms. The molecule has 2 fully saturated rings. The van der Waals surface area contributed by atoms with Crippen molar-refractivity contribution >= 4 is 22.8 Å². The van der Waals surface area contributed by atoms with Crippen molar-refractivity contribution in [3.8, 4) is 0 Å². The summed E-state index contributed by atoms with van der Waals surface area (Å²) in [6.45, 7) is 6.20. The average Bonchev–Trinajstić information content (AvgIpc) is 3.05. The first-order valence-electron chi connectivity index (χ1n) is 10.4. The minimum atomic E-state index is -0.374. The third-order valence-electron chi connectivity index (χ3n) is 5.88. The molecular weight excluding hydrogens is 354 g/mol. The van der Waals surface area contributed by atoms with Gasteiger partial charge in [-0.3, -0.25) is 14.5 Å².